The van der Waals surface area contributed by atoms with Crippen LogP contribution in [0, 0.1) is 5.82 Å². The molecule has 13 heteroatoms. The number of halogens is 4. The molecule has 0 radical (unpaired) electrons. The summed E-state index contributed by atoms with van der Waals surface area (Å²) in [5, 5.41) is 0. The van der Waals surface area contributed by atoms with Crippen LogP contribution >= 0.6 is 0 Å². The minimum atomic E-state index is -4.78. The van der Waals surface area contributed by atoms with Gasteiger partial charge in [0.2, 0.25) is 0 Å². The van der Waals surface area contributed by atoms with Gasteiger partial charge in [0.1, 0.15) is 23.9 Å². The van der Waals surface area contributed by atoms with Crippen molar-refractivity contribution in [1.82, 2.24) is 24.9 Å². The topological polar surface area (TPSA) is 116 Å². The molecular formula is C24H27F4N7O2. The Kier molecular flexibility index (Phi) is 7.95. The number of benzene rings is 1. The number of hydrazine groups is 1. The molecule has 0 amide bonds. The molecule has 1 aliphatic heterocycles. The summed E-state index contributed by atoms with van der Waals surface area (Å²) in [5.74, 6) is 4.91. The molecule has 4 rings (SSSR count). The number of alkyl halides is 3. The van der Waals surface area contributed by atoms with Crippen molar-refractivity contribution < 1.29 is 27.0 Å². The highest BCUT2D eigenvalue weighted by Crippen LogP contribution is 2.37. The van der Waals surface area contributed by atoms with Crippen molar-refractivity contribution >= 4 is 5.70 Å². The average molecular weight is 522 g/mol. The second-order valence-corrected chi connectivity index (χ2v) is 8.36. The van der Waals surface area contributed by atoms with Crippen molar-refractivity contribution in [2.45, 2.75) is 6.18 Å². The van der Waals surface area contributed by atoms with Gasteiger partial charge in [-0.15, -0.1) is 0 Å². The molecule has 1 aliphatic rings. The zero-order valence-corrected chi connectivity index (χ0v) is 20.1. The fourth-order valence-electron chi connectivity index (χ4n) is 4.04. The van der Waals surface area contributed by atoms with E-state index in [0.717, 1.165) is 13.1 Å². The quantitative estimate of drug-likeness (QED) is 0.235. The molecular weight excluding hydrogens is 494 g/mol. The first kappa shape index (κ1) is 26.4. The van der Waals surface area contributed by atoms with E-state index in [1.807, 2.05) is 0 Å². The van der Waals surface area contributed by atoms with Crippen LogP contribution in [-0.4, -0.2) is 65.1 Å². The number of ether oxygens (including phenoxy) is 2. The van der Waals surface area contributed by atoms with Crippen molar-refractivity contribution in [3.63, 3.8) is 0 Å². The summed E-state index contributed by atoms with van der Waals surface area (Å²) in [6.07, 6.45) is -1.92. The first-order chi connectivity index (χ1) is 17.7. The molecule has 0 atom stereocenters. The van der Waals surface area contributed by atoms with Crippen molar-refractivity contribution in [3.05, 3.63) is 59.9 Å². The van der Waals surface area contributed by atoms with Gasteiger partial charge < -0.3 is 25.2 Å². The minimum Gasteiger partial charge on any atom is -0.491 e. The number of nitrogens with one attached hydrogen (secondary N) is 1. The summed E-state index contributed by atoms with van der Waals surface area (Å²) >= 11 is 0. The molecule has 3 aromatic rings. The molecule has 1 aromatic carbocycles. The van der Waals surface area contributed by atoms with Crippen molar-refractivity contribution in [2.75, 3.05) is 39.5 Å². The molecule has 0 bridgehead atoms. The highest BCUT2D eigenvalue weighted by molar-refractivity contribution is 5.81. The van der Waals surface area contributed by atoms with Gasteiger partial charge in [-0.1, -0.05) is 0 Å². The maximum Gasteiger partial charge on any atom is 0.434 e. The summed E-state index contributed by atoms with van der Waals surface area (Å²) in [6, 6.07) is 6.88. The van der Waals surface area contributed by atoms with Crippen LogP contribution in [-0.2, 0) is 11.8 Å². The maximum absolute atomic E-state index is 14.2. The lowest BCUT2D eigenvalue weighted by atomic mass is 10.0. The lowest BCUT2D eigenvalue weighted by Crippen LogP contribution is -2.38. The Hall–Kier alpha value is -3.68. The molecule has 0 unspecified atom stereocenters. The number of imidazole rings is 1. The first-order valence-corrected chi connectivity index (χ1v) is 11.4. The van der Waals surface area contributed by atoms with Gasteiger partial charge in [0.25, 0.3) is 0 Å². The maximum atomic E-state index is 14.2. The Bertz CT molecular complexity index is 1270. The lowest BCUT2D eigenvalue weighted by molar-refractivity contribution is -0.0961. The highest BCUT2D eigenvalue weighted by atomic mass is 19.4. The van der Waals surface area contributed by atoms with Crippen LogP contribution in [0.3, 0.4) is 0 Å². The summed E-state index contributed by atoms with van der Waals surface area (Å²) in [5.41, 5.74) is 7.30. The van der Waals surface area contributed by atoms with E-state index in [2.05, 4.69) is 14.9 Å². The smallest absolute Gasteiger partial charge is 0.434 e. The number of pyridine rings is 1. The van der Waals surface area contributed by atoms with E-state index in [4.69, 9.17) is 21.1 Å². The van der Waals surface area contributed by atoms with Crippen molar-refractivity contribution in [3.8, 4) is 28.4 Å². The second-order valence-electron chi connectivity index (χ2n) is 8.36. The molecule has 1 saturated heterocycles. The number of morpholine rings is 1. The number of aryl methyl sites for hydroxylation is 1. The van der Waals surface area contributed by atoms with Crippen LogP contribution in [0.4, 0.5) is 17.6 Å². The SMILES string of the molecule is Cn1cnc(-c2cc(/C(N)=C(/NN)C(F)(F)F)ccn2)c1-c1ccc(F)cc1OCCN1CCOCC1. The zero-order valence-electron chi connectivity index (χ0n) is 20.1. The van der Waals surface area contributed by atoms with Gasteiger partial charge in [-0.25, -0.2) is 9.37 Å². The van der Waals surface area contributed by atoms with Gasteiger partial charge in [0, 0.05) is 50.1 Å². The van der Waals surface area contributed by atoms with E-state index >= 15 is 0 Å². The number of allylic oxidation sites excluding steroid dienone is 1. The standard InChI is InChI=1S/C24H27F4N7O2/c1-34-14-32-21(18-12-15(4-5-31-18)20(29)23(33-30)24(26,27)28)22(34)17-3-2-16(25)13-19(17)37-11-8-35-6-9-36-10-7-35/h2-5,12-14,33H,6-11,29-30H2,1H3/b23-20-. The minimum absolute atomic E-state index is 0.0490. The van der Waals surface area contributed by atoms with Gasteiger partial charge in [-0.2, -0.15) is 13.2 Å². The Morgan fingerprint density at radius 2 is 1.92 bits per heavy atom. The van der Waals surface area contributed by atoms with Crippen LogP contribution in [0.5, 0.6) is 5.75 Å². The van der Waals surface area contributed by atoms with Crippen molar-refractivity contribution in [2.24, 2.45) is 18.6 Å². The van der Waals surface area contributed by atoms with Gasteiger partial charge in [-0.05, 0) is 24.3 Å². The van der Waals surface area contributed by atoms with Gasteiger partial charge in [0.05, 0.1) is 36.6 Å². The molecule has 2 aromatic heterocycles. The van der Waals surface area contributed by atoms with Crippen LogP contribution in [0.2, 0.25) is 0 Å². The third-order valence-electron chi connectivity index (χ3n) is 5.92. The number of hydrogen-bond acceptors (Lipinski definition) is 8. The molecule has 5 N–H and O–H groups in total. The molecule has 198 valence electrons. The average Bonchev–Trinajstić information content (AvgIpc) is 3.25. The first-order valence-electron chi connectivity index (χ1n) is 11.4. The summed E-state index contributed by atoms with van der Waals surface area (Å²) in [7, 11) is 1.74. The van der Waals surface area contributed by atoms with E-state index in [1.165, 1.54) is 36.8 Å². The third-order valence-corrected chi connectivity index (χ3v) is 5.92. The monoisotopic (exact) mass is 521 g/mol. The fraction of sp³-hybridized carbons (Fsp3) is 0.333. The van der Waals surface area contributed by atoms with E-state index < -0.39 is 23.4 Å². The molecule has 0 aliphatic carbocycles. The lowest BCUT2D eigenvalue weighted by Gasteiger charge is -2.26. The van der Waals surface area contributed by atoms with Crippen LogP contribution in [0.15, 0.2) is 48.6 Å². The highest BCUT2D eigenvalue weighted by Gasteiger charge is 2.36. The summed E-state index contributed by atoms with van der Waals surface area (Å²) < 4.78 is 67.1. The van der Waals surface area contributed by atoms with Crippen LogP contribution in [0.25, 0.3) is 28.3 Å². The van der Waals surface area contributed by atoms with E-state index in [0.29, 0.717) is 49.1 Å². The van der Waals surface area contributed by atoms with Crippen molar-refractivity contribution in [1.29, 1.82) is 0 Å². The molecule has 1 fully saturated rings. The number of rotatable bonds is 8. The number of nitrogens with two attached hydrogens (primary N) is 2. The normalized spacial score (nSPS) is 15.4. The third kappa shape index (κ3) is 6.01. The molecule has 3 heterocycles. The summed E-state index contributed by atoms with van der Waals surface area (Å²) in [4.78, 5) is 10.9. The summed E-state index contributed by atoms with van der Waals surface area (Å²) in [6.45, 7) is 3.86. The predicted octanol–water partition coefficient (Wildman–Crippen LogP) is 2.65. The number of nitrogens with zero attached hydrogens (tertiary/aromatic N) is 4. The van der Waals surface area contributed by atoms with Crippen LogP contribution < -0.4 is 21.7 Å². The zero-order chi connectivity index (χ0) is 26.6. The second kappa shape index (κ2) is 11.2. The van der Waals surface area contributed by atoms with Gasteiger partial charge in [-0.3, -0.25) is 15.7 Å². The predicted molar refractivity (Wildman–Crippen MR) is 129 cm³/mol. The Labute approximate surface area is 210 Å². The number of hydrogen-bond donors (Lipinski definition) is 3. The van der Waals surface area contributed by atoms with E-state index in [1.54, 1.807) is 23.1 Å². The Morgan fingerprint density at radius 3 is 2.62 bits per heavy atom. The molecule has 37 heavy (non-hydrogen) atoms. The van der Waals surface area contributed by atoms with E-state index in [-0.39, 0.29) is 11.3 Å². The molecule has 0 saturated carbocycles. The Balaban J connectivity index is 1.68. The van der Waals surface area contributed by atoms with Gasteiger partial charge in [0.15, 0.2) is 5.70 Å². The molecule has 9 nitrogen and oxygen atoms in total. The van der Waals surface area contributed by atoms with E-state index in [9.17, 15) is 17.6 Å². The molecule has 0 spiro atoms. The van der Waals surface area contributed by atoms with Gasteiger partial charge >= 0.3 is 6.18 Å². The Morgan fingerprint density at radius 1 is 1.16 bits per heavy atom. The number of aromatic nitrogens is 3. The largest absolute Gasteiger partial charge is 0.491 e. The van der Waals surface area contributed by atoms with Crippen LogP contribution in [0.1, 0.15) is 5.56 Å². The fourth-order valence-corrected chi connectivity index (χ4v) is 4.04.